The van der Waals surface area contributed by atoms with Crippen molar-refractivity contribution in [3.63, 3.8) is 0 Å². The molecule has 0 fully saturated rings. The highest BCUT2D eigenvalue weighted by atomic mass is 32.2. The number of benzene rings is 2. The molecule has 2 heterocycles. The average molecular weight is 475 g/mol. The number of nitrogens with one attached hydrogen (secondary N) is 1. The van der Waals surface area contributed by atoms with Crippen molar-refractivity contribution in [2.24, 2.45) is 0 Å². The fraction of sp³-hybridized carbons (Fsp3) is 0.167. The molecular formula is C24H22N6O3S. The van der Waals surface area contributed by atoms with Crippen molar-refractivity contribution in [3.05, 3.63) is 88.7 Å². The summed E-state index contributed by atoms with van der Waals surface area (Å²) in [6, 6.07) is 17.8. The summed E-state index contributed by atoms with van der Waals surface area (Å²) in [6.07, 6.45) is 4.29. The van der Waals surface area contributed by atoms with Crippen LogP contribution in [0.2, 0.25) is 0 Å². The summed E-state index contributed by atoms with van der Waals surface area (Å²) in [7, 11) is 0. The maximum atomic E-state index is 12.9. The number of thioether (sulfide) groups is 1. The number of hydrogen-bond donors (Lipinski definition) is 1. The van der Waals surface area contributed by atoms with Crippen molar-refractivity contribution >= 4 is 29.0 Å². The fourth-order valence-corrected chi connectivity index (χ4v) is 4.20. The number of amides is 1. The molecule has 0 spiro atoms. The molecule has 0 saturated heterocycles. The van der Waals surface area contributed by atoms with E-state index in [1.807, 2.05) is 41.0 Å². The highest BCUT2D eigenvalue weighted by Gasteiger charge is 2.24. The van der Waals surface area contributed by atoms with Crippen molar-refractivity contribution in [2.45, 2.75) is 30.7 Å². The molecule has 0 aliphatic rings. The zero-order valence-electron chi connectivity index (χ0n) is 18.6. The highest BCUT2D eigenvalue weighted by Crippen LogP contribution is 2.31. The average Bonchev–Trinajstić information content (AvgIpc) is 3.28. The first-order chi connectivity index (χ1) is 16.5. The molecule has 10 heteroatoms. The number of aromatic nitrogens is 4. The predicted octanol–water partition coefficient (Wildman–Crippen LogP) is 4.92. The Morgan fingerprint density at radius 1 is 1.09 bits per heavy atom. The van der Waals surface area contributed by atoms with Crippen molar-refractivity contribution in [1.82, 2.24) is 19.7 Å². The molecule has 2 aromatic heterocycles. The Hall–Kier alpha value is -4.05. The Balaban J connectivity index is 1.64. The van der Waals surface area contributed by atoms with Crippen molar-refractivity contribution in [2.75, 3.05) is 5.32 Å². The molecule has 4 rings (SSSR count). The number of anilines is 1. The minimum atomic E-state index is -0.594. The molecule has 0 aliphatic heterocycles. The zero-order valence-corrected chi connectivity index (χ0v) is 19.4. The summed E-state index contributed by atoms with van der Waals surface area (Å²) in [5.74, 6) is 0.251. The highest BCUT2D eigenvalue weighted by molar-refractivity contribution is 8.00. The van der Waals surface area contributed by atoms with E-state index >= 15 is 0 Å². The number of carbonyl (C=O) groups is 1. The number of carbonyl (C=O) groups excluding carboxylic acids is 1. The monoisotopic (exact) mass is 474 g/mol. The first-order valence-electron chi connectivity index (χ1n) is 10.6. The van der Waals surface area contributed by atoms with Gasteiger partial charge in [0, 0.05) is 29.7 Å². The fourth-order valence-electron chi connectivity index (χ4n) is 3.33. The number of hydrogen-bond acceptors (Lipinski definition) is 7. The lowest BCUT2D eigenvalue weighted by molar-refractivity contribution is -0.383. The minimum Gasteiger partial charge on any atom is -0.319 e. The summed E-state index contributed by atoms with van der Waals surface area (Å²) < 4.78 is 1.90. The minimum absolute atomic E-state index is 0.152. The van der Waals surface area contributed by atoms with E-state index in [9.17, 15) is 14.9 Å². The lowest BCUT2D eigenvalue weighted by Gasteiger charge is -2.14. The second-order valence-corrected chi connectivity index (χ2v) is 8.73. The number of nitro benzene ring substituents is 1. The Labute approximate surface area is 200 Å². The van der Waals surface area contributed by atoms with E-state index in [0.717, 1.165) is 17.7 Å². The zero-order chi connectivity index (χ0) is 24.1. The Morgan fingerprint density at radius 2 is 1.79 bits per heavy atom. The first-order valence-corrected chi connectivity index (χ1v) is 11.5. The van der Waals surface area contributed by atoms with Gasteiger partial charge in [-0.15, -0.1) is 10.2 Å². The van der Waals surface area contributed by atoms with E-state index < -0.39 is 10.2 Å². The molecule has 9 nitrogen and oxygen atoms in total. The van der Waals surface area contributed by atoms with Crippen molar-refractivity contribution in [1.29, 1.82) is 0 Å². The molecule has 1 amide bonds. The normalized spacial score (nSPS) is 11.7. The summed E-state index contributed by atoms with van der Waals surface area (Å²) in [5, 5.41) is 22.6. The van der Waals surface area contributed by atoms with Gasteiger partial charge in [0.15, 0.2) is 11.0 Å². The molecule has 2 aromatic carbocycles. The van der Waals surface area contributed by atoms with Gasteiger partial charge in [-0.3, -0.25) is 24.5 Å². The lowest BCUT2D eigenvalue weighted by atomic mass is 10.1. The van der Waals surface area contributed by atoms with Crippen molar-refractivity contribution < 1.29 is 9.72 Å². The molecule has 0 saturated carbocycles. The number of aryl methyl sites for hydroxylation is 1. The van der Waals surface area contributed by atoms with Gasteiger partial charge in [0.1, 0.15) is 5.69 Å². The third-order valence-corrected chi connectivity index (χ3v) is 6.23. The topological polar surface area (TPSA) is 116 Å². The van der Waals surface area contributed by atoms with Gasteiger partial charge in [-0.1, -0.05) is 43.0 Å². The van der Waals surface area contributed by atoms with E-state index in [1.54, 1.807) is 31.5 Å². The maximum Gasteiger partial charge on any atom is 0.292 e. The molecule has 34 heavy (non-hydrogen) atoms. The number of rotatable bonds is 8. The van der Waals surface area contributed by atoms with E-state index in [0.29, 0.717) is 11.0 Å². The van der Waals surface area contributed by atoms with E-state index in [-0.39, 0.29) is 17.3 Å². The van der Waals surface area contributed by atoms with Crippen LogP contribution in [0, 0.1) is 10.1 Å². The Morgan fingerprint density at radius 3 is 2.47 bits per heavy atom. The van der Waals surface area contributed by atoms with Gasteiger partial charge in [0.05, 0.1) is 10.2 Å². The molecule has 0 aliphatic carbocycles. The van der Waals surface area contributed by atoms with Crippen LogP contribution in [-0.4, -0.2) is 35.8 Å². The van der Waals surface area contributed by atoms with Crippen LogP contribution in [0.3, 0.4) is 0 Å². The summed E-state index contributed by atoms with van der Waals surface area (Å²) in [4.78, 5) is 27.7. The number of nitro groups is 1. The van der Waals surface area contributed by atoms with E-state index in [1.165, 1.54) is 29.5 Å². The first kappa shape index (κ1) is 23.1. The maximum absolute atomic E-state index is 12.9. The predicted molar refractivity (Wildman–Crippen MR) is 131 cm³/mol. The molecular weight excluding hydrogens is 452 g/mol. The van der Waals surface area contributed by atoms with Crippen LogP contribution >= 0.6 is 11.8 Å². The van der Waals surface area contributed by atoms with Crippen LogP contribution in [-0.2, 0) is 11.2 Å². The van der Waals surface area contributed by atoms with Gasteiger partial charge in [0.2, 0.25) is 5.91 Å². The van der Waals surface area contributed by atoms with Crippen LogP contribution in [0.25, 0.3) is 17.1 Å². The van der Waals surface area contributed by atoms with E-state index in [2.05, 4.69) is 27.4 Å². The number of pyridine rings is 1. The smallest absolute Gasteiger partial charge is 0.292 e. The summed E-state index contributed by atoms with van der Waals surface area (Å²) >= 11 is 1.22. The quantitative estimate of drug-likeness (QED) is 0.219. The third kappa shape index (κ3) is 4.96. The molecule has 172 valence electrons. The van der Waals surface area contributed by atoms with Gasteiger partial charge in [-0.05, 0) is 49.2 Å². The van der Waals surface area contributed by atoms with Crippen LogP contribution in [0.4, 0.5) is 11.4 Å². The van der Waals surface area contributed by atoms with Crippen LogP contribution in [0.1, 0.15) is 19.4 Å². The van der Waals surface area contributed by atoms with Gasteiger partial charge >= 0.3 is 0 Å². The second kappa shape index (κ2) is 10.3. The molecule has 0 bridgehead atoms. The van der Waals surface area contributed by atoms with Gasteiger partial charge in [-0.25, -0.2) is 0 Å². The summed E-state index contributed by atoms with van der Waals surface area (Å²) in [5.41, 5.74) is 2.90. The third-order valence-electron chi connectivity index (χ3n) is 5.18. The SMILES string of the molecule is CCc1ccc(-n2c(SC(C)C(=O)Nc3ccccc3[N+](=O)[O-])nnc2-c2ccncc2)cc1. The van der Waals surface area contributed by atoms with Crippen molar-refractivity contribution in [3.8, 4) is 17.1 Å². The largest absolute Gasteiger partial charge is 0.319 e. The number of para-hydroxylation sites is 2. The number of nitrogens with zero attached hydrogens (tertiary/aromatic N) is 5. The van der Waals surface area contributed by atoms with Gasteiger partial charge in [0.25, 0.3) is 5.69 Å². The van der Waals surface area contributed by atoms with E-state index in [4.69, 9.17) is 0 Å². The lowest BCUT2D eigenvalue weighted by Crippen LogP contribution is -2.23. The van der Waals surface area contributed by atoms with Crippen LogP contribution in [0.15, 0.2) is 78.2 Å². The second-order valence-electron chi connectivity index (χ2n) is 7.42. The molecule has 1 unspecified atom stereocenters. The standard InChI is InChI=1S/C24H22N6O3S/c1-3-17-8-10-19(11-9-17)29-22(18-12-14-25-15-13-18)27-28-24(29)34-16(2)23(31)26-20-6-4-5-7-21(20)30(32)33/h4-16H,3H2,1-2H3,(H,26,31). The van der Waals surface area contributed by atoms with Crippen LogP contribution in [0.5, 0.6) is 0 Å². The molecule has 1 atom stereocenters. The molecule has 0 radical (unpaired) electrons. The van der Waals surface area contributed by atoms with Gasteiger partial charge < -0.3 is 5.32 Å². The van der Waals surface area contributed by atoms with Crippen LogP contribution < -0.4 is 5.32 Å². The Kier molecular flexibility index (Phi) is 6.98. The summed E-state index contributed by atoms with van der Waals surface area (Å²) in [6.45, 7) is 3.81. The molecule has 4 aromatic rings. The van der Waals surface area contributed by atoms with Gasteiger partial charge in [-0.2, -0.15) is 0 Å². The Bertz CT molecular complexity index is 1310. The molecule has 1 N–H and O–H groups in total.